The van der Waals surface area contributed by atoms with Crippen molar-refractivity contribution in [2.45, 2.75) is 39.7 Å². The lowest BCUT2D eigenvalue weighted by Gasteiger charge is -2.04. The molecule has 22 heavy (non-hydrogen) atoms. The van der Waals surface area contributed by atoms with Crippen LogP contribution < -0.4 is 5.32 Å². The van der Waals surface area contributed by atoms with E-state index in [1.165, 1.54) is 11.1 Å². The van der Waals surface area contributed by atoms with Gasteiger partial charge >= 0.3 is 0 Å². The molecule has 2 aromatic rings. The van der Waals surface area contributed by atoms with Crippen LogP contribution in [0.4, 0.5) is 0 Å². The third-order valence-electron chi connectivity index (χ3n) is 3.62. The second-order valence-corrected chi connectivity index (χ2v) is 5.32. The SMILES string of the molecule is CCc1ccc(/C(C)=C/c2nc(CC(C)NC)no2)cc1.Cl. The Bertz CT molecular complexity index is 605. The molecule has 0 saturated carbocycles. The largest absolute Gasteiger partial charge is 0.335 e. The average molecular weight is 322 g/mol. The molecule has 4 nitrogen and oxygen atoms in total. The molecule has 0 aliphatic heterocycles. The Labute approximate surface area is 138 Å². The van der Waals surface area contributed by atoms with Crippen LogP contribution in [0.1, 0.15) is 43.6 Å². The molecule has 0 fully saturated rings. The smallest absolute Gasteiger partial charge is 0.250 e. The Morgan fingerprint density at radius 3 is 2.59 bits per heavy atom. The van der Waals surface area contributed by atoms with Gasteiger partial charge in [-0.25, -0.2) is 0 Å². The zero-order valence-electron chi connectivity index (χ0n) is 13.6. The third kappa shape index (κ3) is 4.97. The van der Waals surface area contributed by atoms with Gasteiger partial charge in [0.25, 0.3) is 5.89 Å². The Morgan fingerprint density at radius 2 is 2.00 bits per heavy atom. The second kappa shape index (κ2) is 8.71. The van der Waals surface area contributed by atoms with Crippen molar-refractivity contribution >= 4 is 24.1 Å². The number of rotatable bonds is 6. The number of likely N-dealkylation sites (N-methyl/N-ethyl adjacent to an activating group) is 1. The molecule has 2 rings (SSSR count). The molecule has 5 heteroatoms. The molecular formula is C17H24ClN3O. The van der Waals surface area contributed by atoms with Crippen molar-refractivity contribution < 1.29 is 4.52 Å². The van der Waals surface area contributed by atoms with Gasteiger partial charge in [-0.3, -0.25) is 0 Å². The highest BCUT2D eigenvalue weighted by atomic mass is 35.5. The van der Waals surface area contributed by atoms with Crippen molar-refractivity contribution in [1.82, 2.24) is 15.5 Å². The Morgan fingerprint density at radius 1 is 1.32 bits per heavy atom. The van der Waals surface area contributed by atoms with E-state index in [4.69, 9.17) is 4.52 Å². The first-order valence-electron chi connectivity index (χ1n) is 7.39. The molecule has 1 heterocycles. The maximum Gasteiger partial charge on any atom is 0.250 e. The Kier molecular flexibility index (Phi) is 7.28. The van der Waals surface area contributed by atoms with E-state index >= 15 is 0 Å². The van der Waals surface area contributed by atoms with E-state index in [1.807, 2.05) is 13.1 Å². The monoisotopic (exact) mass is 321 g/mol. The fraction of sp³-hybridized carbons (Fsp3) is 0.412. The van der Waals surface area contributed by atoms with Gasteiger partial charge in [0.1, 0.15) is 0 Å². The molecule has 0 spiro atoms. The predicted molar refractivity (Wildman–Crippen MR) is 93.1 cm³/mol. The number of hydrogen-bond donors (Lipinski definition) is 1. The van der Waals surface area contributed by atoms with Crippen LogP contribution in [-0.4, -0.2) is 23.2 Å². The van der Waals surface area contributed by atoms with Gasteiger partial charge in [-0.05, 0) is 44.0 Å². The summed E-state index contributed by atoms with van der Waals surface area (Å²) in [4.78, 5) is 4.40. The predicted octanol–water partition coefficient (Wildman–Crippen LogP) is 3.76. The molecule has 1 unspecified atom stereocenters. The number of allylic oxidation sites excluding steroid dienone is 1. The highest BCUT2D eigenvalue weighted by molar-refractivity contribution is 5.85. The van der Waals surface area contributed by atoms with Crippen LogP contribution in [0.2, 0.25) is 0 Å². The van der Waals surface area contributed by atoms with Crippen LogP contribution in [0.5, 0.6) is 0 Å². The number of benzene rings is 1. The molecule has 0 aliphatic rings. The summed E-state index contributed by atoms with van der Waals surface area (Å²) in [5.41, 5.74) is 3.64. The molecule has 0 amide bonds. The van der Waals surface area contributed by atoms with Crippen molar-refractivity contribution in [2.75, 3.05) is 7.05 Å². The number of aryl methyl sites for hydroxylation is 1. The van der Waals surface area contributed by atoms with Gasteiger partial charge in [0.2, 0.25) is 0 Å². The lowest BCUT2D eigenvalue weighted by molar-refractivity contribution is 0.400. The van der Waals surface area contributed by atoms with Gasteiger partial charge in [-0.1, -0.05) is 36.3 Å². The first-order chi connectivity index (χ1) is 10.1. The van der Waals surface area contributed by atoms with Gasteiger partial charge in [-0.15, -0.1) is 12.4 Å². The molecular weight excluding hydrogens is 298 g/mol. The molecule has 0 bridgehead atoms. The zero-order chi connectivity index (χ0) is 15.2. The zero-order valence-corrected chi connectivity index (χ0v) is 14.4. The first-order valence-corrected chi connectivity index (χ1v) is 7.39. The number of halogens is 1. The van der Waals surface area contributed by atoms with Crippen molar-refractivity contribution in [3.8, 4) is 0 Å². The molecule has 1 atom stereocenters. The topological polar surface area (TPSA) is 51.0 Å². The van der Waals surface area contributed by atoms with Gasteiger partial charge in [0, 0.05) is 18.5 Å². The summed E-state index contributed by atoms with van der Waals surface area (Å²) in [6.45, 7) is 6.30. The molecule has 0 aliphatic carbocycles. The molecule has 0 radical (unpaired) electrons. The van der Waals surface area contributed by atoms with Crippen molar-refractivity contribution in [3.05, 3.63) is 47.1 Å². The summed E-state index contributed by atoms with van der Waals surface area (Å²) in [5, 5.41) is 7.17. The molecule has 120 valence electrons. The van der Waals surface area contributed by atoms with E-state index in [-0.39, 0.29) is 12.4 Å². The molecule has 1 aromatic heterocycles. The quantitative estimate of drug-likeness (QED) is 0.880. The highest BCUT2D eigenvalue weighted by Gasteiger charge is 2.08. The second-order valence-electron chi connectivity index (χ2n) is 5.32. The maximum absolute atomic E-state index is 5.28. The highest BCUT2D eigenvalue weighted by Crippen LogP contribution is 2.18. The maximum atomic E-state index is 5.28. The third-order valence-corrected chi connectivity index (χ3v) is 3.62. The van der Waals surface area contributed by atoms with Crippen molar-refractivity contribution in [2.24, 2.45) is 0 Å². The Hall–Kier alpha value is -1.65. The average Bonchev–Trinajstić information content (AvgIpc) is 2.94. The summed E-state index contributed by atoms with van der Waals surface area (Å²) in [7, 11) is 1.93. The summed E-state index contributed by atoms with van der Waals surface area (Å²) < 4.78 is 5.28. The van der Waals surface area contributed by atoms with E-state index < -0.39 is 0 Å². The summed E-state index contributed by atoms with van der Waals surface area (Å²) in [6.07, 6.45) is 3.75. The van der Waals surface area contributed by atoms with Crippen LogP contribution in [0.3, 0.4) is 0 Å². The van der Waals surface area contributed by atoms with Crippen LogP contribution in [0.15, 0.2) is 28.8 Å². The van der Waals surface area contributed by atoms with Gasteiger partial charge in [0.05, 0.1) is 0 Å². The molecule has 0 saturated heterocycles. The summed E-state index contributed by atoms with van der Waals surface area (Å²) >= 11 is 0. The number of nitrogens with zero attached hydrogens (tertiary/aromatic N) is 2. The minimum absolute atomic E-state index is 0. The van der Waals surface area contributed by atoms with E-state index in [1.54, 1.807) is 0 Å². The standard InChI is InChI=1S/C17H23N3O.ClH/c1-5-14-6-8-15(9-7-14)12(2)10-17-19-16(20-21-17)11-13(3)18-4;/h6-10,13,18H,5,11H2,1-4H3;1H/b12-10+;. The minimum atomic E-state index is 0. The van der Waals surface area contributed by atoms with Crippen molar-refractivity contribution in [1.29, 1.82) is 0 Å². The fourth-order valence-corrected chi connectivity index (χ4v) is 2.06. The van der Waals surface area contributed by atoms with E-state index in [0.717, 1.165) is 24.2 Å². The normalized spacial score (nSPS) is 12.8. The lowest BCUT2D eigenvalue weighted by Crippen LogP contribution is -2.24. The summed E-state index contributed by atoms with van der Waals surface area (Å²) in [5.74, 6) is 1.29. The van der Waals surface area contributed by atoms with Gasteiger partial charge in [-0.2, -0.15) is 4.98 Å². The van der Waals surface area contributed by atoms with Crippen LogP contribution >= 0.6 is 12.4 Å². The van der Waals surface area contributed by atoms with E-state index in [2.05, 4.69) is 60.5 Å². The van der Waals surface area contributed by atoms with Crippen molar-refractivity contribution in [3.63, 3.8) is 0 Å². The Balaban J connectivity index is 0.00000242. The fourth-order valence-electron chi connectivity index (χ4n) is 2.06. The first kappa shape index (κ1) is 18.4. The van der Waals surface area contributed by atoms with Crippen LogP contribution in [-0.2, 0) is 12.8 Å². The van der Waals surface area contributed by atoms with Crippen LogP contribution in [0.25, 0.3) is 11.6 Å². The summed E-state index contributed by atoms with van der Waals surface area (Å²) in [6, 6.07) is 8.90. The molecule has 1 N–H and O–H groups in total. The lowest BCUT2D eigenvalue weighted by atomic mass is 10.0. The van der Waals surface area contributed by atoms with E-state index in [9.17, 15) is 0 Å². The number of aromatic nitrogens is 2. The number of nitrogens with one attached hydrogen (secondary N) is 1. The van der Waals surface area contributed by atoms with Crippen LogP contribution in [0, 0.1) is 0 Å². The van der Waals surface area contributed by atoms with E-state index in [0.29, 0.717) is 11.9 Å². The van der Waals surface area contributed by atoms with Gasteiger partial charge in [0.15, 0.2) is 5.82 Å². The van der Waals surface area contributed by atoms with Gasteiger partial charge < -0.3 is 9.84 Å². The number of hydrogen-bond acceptors (Lipinski definition) is 4. The minimum Gasteiger partial charge on any atom is -0.335 e. The molecule has 1 aromatic carbocycles.